The lowest BCUT2D eigenvalue weighted by atomic mass is 10.2. The number of hydrogen-bond donors (Lipinski definition) is 1. The normalized spacial score (nSPS) is 23.5. The van der Waals surface area contributed by atoms with Crippen molar-refractivity contribution in [3.05, 3.63) is 12.7 Å². The molecule has 0 aromatic rings. The van der Waals surface area contributed by atoms with Crippen molar-refractivity contribution < 1.29 is 28.9 Å². The summed E-state index contributed by atoms with van der Waals surface area (Å²) in [5.74, 6) is 0. The zero-order valence-electron chi connectivity index (χ0n) is 8.76. The Morgan fingerprint density at radius 3 is 2.50 bits per heavy atom. The van der Waals surface area contributed by atoms with Crippen LogP contribution in [0.5, 0.6) is 0 Å². The largest absolute Gasteiger partial charge is 0.508 e. The van der Waals surface area contributed by atoms with E-state index < -0.39 is 24.5 Å². The van der Waals surface area contributed by atoms with Crippen LogP contribution in [-0.2, 0) is 14.2 Å². The third-order valence-corrected chi connectivity index (χ3v) is 2.21. The van der Waals surface area contributed by atoms with E-state index in [2.05, 4.69) is 16.1 Å². The van der Waals surface area contributed by atoms with Gasteiger partial charge in [0.05, 0.1) is 0 Å². The van der Waals surface area contributed by atoms with Gasteiger partial charge in [-0.2, -0.15) is 0 Å². The number of carbonyl (C=O) groups excluding carboxylic acids is 1. The summed E-state index contributed by atoms with van der Waals surface area (Å²) in [7, 11) is 0. The summed E-state index contributed by atoms with van der Waals surface area (Å²) in [5.41, 5.74) is 0. The molecule has 1 saturated carbocycles. The Labute approximate surface area is 92.8 Å². The van der Waals surface area contributed by atoms with E-state index in [9.17, 15) is 9.59 Å². The molecule has 90 valence electrons. The average Bonchev–Trinajstić information content (AvgIpc) is 2.62. The maximum atomic E-state index is 11.1. The second kappa shape index (κ2) is 5.99. The highest BCUT2D eigenvalue weighted by Crippen LogP contribution is 2.25. The van der Waals surface area contributed by atoms with Crippen molar-refractivity contribution in [2.45, 2.75) is 31.5 Å². The summed E-state index contributed by atoms with van der Waals surface area (Å²) in [6.45, 7) is 3.45. The molecule has 2 atom stereocenters. The van der Waals surface area contributed by atoms with Gasteiger partial charge in [-0.15, -0.1) is 0 Å². The van der Waals surface area contributed by atoms with E-state index in [1.54, 1.807) is 0 Å². The minimum Gasteiger partial charge on any atom is -0.450 e. The van der Waals surface area contributed by atoms with Crippen LogP contribution >= 0.6 is 0 Å². The van der Waals surface area contributed by atoms with E-state index >= 15 is 0 Å². The average molecular weight is 230 g/mol. The zero-order chi connectivity index (χ0) is 12.0. The summed E-state index contributed by atoms with van der Waals surface area (Å²) in [6.07, 6.45) is -0.00124. The molecule has 0 bridgehead atoms. The van der Waals surface area contributed by atoms with Crippen molar-refractivity contribution in [2.75, 3.05) is 6.61 Å². The molecule has 1 aliphatic carbocycles. The third kappa shape index (κ3) is 3.80. The highest BCUT2D eigenvalue weighted by molar-refractivity contribution is 5.60. The molecule has 0 amide bonds. The van der Waals surface area contributed by atoms with Crippen LogP contribution in [0.4, 0.5) is 9.59 Å². The molecule has 1 aliphatic rings. The van der Waals surface area contributed by atoms with Gasteiger partial charge in [-0.1, -0.05) is 12.7 Å². The minimum absolute atomic E-state index is 0.0655. The first-order valence-corrected chi connectivity index (χ1v) is 4.97. The van der Waals surface area contributed by atoms with Gasteiger partial charge in [0, 0.05) is 0 Å². The van der Waals surface area contributed by atoms with Crippen molar-refractivity contribution in [1.29, 1.82) is 0 Å². The molecule has 1 fully saturated rings. The first kappa shape index (κ1) is 12.4. The Morgan fingerprint density at radius 2 is 1.94 bits per heavy atom. The molecule has 0 aromatic heterocycles. The van der Waals surface area contributed by atoms with Crippen molar-refractivity contribution in [1.82, 2.24) is 0 Å². The lowest BCUT2D eigenvalue weighted by molar-refractivity contribution is -0.0331. The minimum atomic E-state index is -1.36. The van der Waals surface area contributed by atoms with Gasteiger partial charge >= 0.3 is 12.3 Å². The lowest BCUT2D eigenvalue weighted by Crippen LogP contribution is -2.30. The first-order chi connectivity index (χ1) is 7.63. The number of carbonyl (C=O) groups is 2. The van der Waals surface area contributed by atoms with Crippen molar-refractivity contribution in [3.63, 3.8) is 0 Å². The number of ether oxygens (including phenoxy) is 3. The van der Waals surface area contributed by atoms with Gasteiger partial charge in [-0.25, -0.2) is 9.59 Å². The van der Waals surface area contributed by atoms with Gasteiger partial charge in [-0.3, -0.25) is 0 Å². The molecule has 0 heterocycles. The monoisotopic (exact) mass is 230 g/mol. The summed E-state index contributed by atoms with van der Waals surface area (Å²) < 4.78 is 14.1. The van der Waals surface area contributed by atoms with Crippen LogP contribution in [0.3, 0.4) is 0 Å². The number of carboxylic acid groups (broad SMARTS) is 1. The molecule has 0 saturated heterocycles. The van der Waals surface area contributed by atoms with Crippen LogP contribution in [-0.4, -0.2) is 36.2 Å². The van der Waals surface area contributed by atoms with E-state index in [1.807, 2.05) is 0 Å². The fourth-order valence-corrected chi connectivity index (χ4v) is 1.58. The smallest absolute Gasteiger partial charge is 0.450 e. The molecule has 6 nitrogen and oxygen atoms in total. The van der Waals surface area contributed by atoms with Gasteiger partial charge < -0.3 is 19.3 Å². The molecule has 1 N–H and O–H groups in total. The Balaban J connectivity index is 2.36. The van der Waals surface area contributed by atoms with Crippen LogP contribution in [0.25, 0.3) is 0 Å². The zero-order valence-corrected chi connectivity index (χ0v) is 8.76. The predicted molar refractivity (Wildman–Crippen MR) is 53.2 cm³/mol. The molecule has 1 rings (SSSR count). The van der Waals surface area contributed by atoms with E-state index in [-0.39, 0.29) is 6.61 Å². The van der Waals surface area contributed by atoms with Crippen molar-refractivity contribution >= 4 is 12.3 Å². The fraction of sp³-hybridized carbons (Fsp3) is 0.600. The Bertz CT molecular complexity index is 274. The van der Waals surface area contributed by atoms with E-state index in [1.165, 1.54) is 6.08 Å². The third-order valence-electron chi connectivity index (χ3n) is 2.21. The van der Waals surface area contributed by atoms with Crippen molar-refractivity contribution in [3.8, 4) is 0 Å². The van der Waals surface area contributed by atoms with Crippen LogP contribution in [0, 0.1) is 0 Å². The predicted octanol–water partition coefficient (Wildman–Crippen LogP) is 1.94. The number of hydrogen-bond acceptors (Lipinski definition) is 5. The van der Waals surface area contributed by atoms with Gasteiger partial charge in [-0.05, 0) is 19.3 Å². The summed E-state index contributed by atoms with van der Waals surface area (Å²) >= 11 is 0. The Hall–Kier alpha value is -1.72. The topological polar surface area (TPSA) is 82.1 Å². The molecule has 16 heavy (non-hydrogen) atoms. The van der Waals surface area contributed by atoms with Crippen molar-refractivity contribution in [2.24, 2.45) is 0 Å². The molecule has 0 aliphatic heterocycles. The van der Waals surface area contributed by atoms with E-state index in [0.717, 1.165) is 6.42 Å². The molecular formula is C10H14O6. The second-order valence-corrected chi connectivity index (χ2v) is 3.36. The van der Waals surface area contributed by atoms with Crippen LogP contribution in [0.1, 0.15) is 19.3 Å². The summed E-state index contributed by atoms with van der Waals surface area (Å²) in [5, 5.41) is 8.46. The quantitative estimate of drug-likeness (QED) is 0.587. The summed E-state index contributed by atoms with van der Waals surface area (Å²) in [4.78, 5) is 21.4. The van der Waals surface area contributed by atoms with E-state index in [4.69, 9.17) is 9.84 Å². The van der Waals surface area contributed by atoms with Crippen LogP contribution in [0.15, 0.2) is 12.7 Å². The fourth-order valence-electron chi connectivity index (χ4n) is 1.58. The maximum absolute atomic E-state index is 11.1. The standard InChI is InChI=1S/C10H14O6/c1-2-6-14-10(13)16-8-5-3-4-7(8)15-9(11)12/h2,7-8H,1,3-6H2,(H,11,12)/t7-,8+/m0/s1. The lowest BCUT2D eigenvalue weighted by Gasteiger charge is -2.18. The highest BCUT2D eigenvalue weighted by Gasteiger charge is 2.34. The summed E-state index contributed by atoms with van der Waals surface area (Å²) in [6, 6.07) is 0. The first-order valence-electron chi connectivity index (χ1n) is 4.97. The maximum Gasteiger partial charge on any atom is 0.508 e. The molecule has 6 heteroatoms. The molecule has 0 aromatic carbocycles. The van der Waals surface area contributed by atoms with Gasteiger partial charge in [0.25, 0.3) is 0 Å². The van der Waals surface area contributed by atoms with Gasteiger partial charge in [0.2, 0.25) is 0 Å². The van der Waals surface area contributed by atoms with Crippen LogP contribution < -0.4 is 0 Å². The van der Waals surface area contributed by atoms with Crippen LogP contribution in [0.2, 0.25) is 0 Å². The molecule has 0 spiro atoms. The van der Waals surface area contributed by atoms with E-state index in [0.29, 0.717) is 12.8 Å². The van der Waals surface area contributed by atoms with Gasteiger partial charge in [0.15, 0.2) is 0 Å². The molecular weight excluding hydrogens is 216 g/mol. The Morgan fingerprint density at radius 1 is 1.31 bits per heavy atom. The SMILES string of the molecule is C=CCOC(=O)O[C@@H]1CCC[C@@H]1OC(=O)O. The second-order valence-electron chi connectivity index (χ2n) is 3.36. The molecule has 0 radical (unpaired) electrons. The Kier molecular flexibility index (Phi) is 4.63. The number of rotatable bonds is 4. The highest BCUT2D eigenvalue weighted by atomic mass is 16.7. The molecule has 0 unspecified atom stereocenters. The van der Waals surface area contributed by atoms with Gasteiger partial charge in [0.1, 0.15) is 18.8 Å².